The zero-order valence-corrected chi connectivity index (χ0v) is 11.3. The summed E-state index contributed by atoms with van der Waals surface area (Å²) < 4.78 is 1.96. The number of hydrogen-bond donors (Lipinski definition) is 1. The first-order valence-electron chi connectivity index (χ1n) is 5.71. The summed E-state index contributed by atoms with van der Waals surface area (Å²) in [5, 5.41) is 8.95. The maximum absolute atomic E-state index is 5.89. The van der Waals surface area contributed by atoms with Gasteiger partial charge in [-0.1, -0.05) is 11.6 Å². The van der Waals surface area contributed by atoms with Gasteiger partial charge in [-0.2, -0.15) is 0 Å². The average molecular weight is 285 g/mol. The van der Waals surface area contributed by atoms with E-state index >= 15 is 0 Å². The molecule has 0 amide bonds. The third-order valence-electron chi connectivity index (χ3n) is 2.61. The molecule has 0 unspecified atom stereocenters. The summed E-state index contributed by atoms with van der Waals surface area (Å²) in [5.41, 5.74) is 6.49. The quantitative estimate of drug-likeness (QED) is 0.859. The molecule has 0 aliphatic carbocycles. The summed E-state index contributed by atoms with van der Waals surface area (Å²) in [5.74, 6) is 1.92. The standard InChI is InChI=1S/C12H14Cl2N4/c13-8-12-17-16-11(2-1-7-15)18(12)10-5-3-9(14)4-6-10/h3-6H,1-2,7-8,15H2. The van der Waals surface area contributed by atoms with Gasteiger partial charge in [0.1, 0.15) is 5.82 Å². The van der Waals surface area contributed by atoms with Crippen LogP contribution in [0.4, 0.5) is 0 Å². The summed E-state index contributed by atoms with van der Waals surface area (Å²) in [4.78, 5) is 0. The maximum atomic E-state index is 5.89. The lowest BCUT2D eigenvalue weighted by Gasteiger charge is -2.09. The summed E-state index contributed by atoms with van der Waals surface area (Å²) >= 11 is 11.8. The van der Waals surface area contributed by atoms with E-state index in [4.69, 9.17) is 28.9 Å². The fraction of sp³-hybridized carbons (Fsp3) is 0.333. The molecule has 1 aromatic carbocycles. The summed E-state index contributed by atoms with van der Waals surface area (Å²) in [6.07, 6.45) is 1.65. The van der Waals surface area contributed by atoms with E-state index in [0.29, 0.717) is 17.4 Å². The first-order valence-corrected chi connectivity index (χ1v) is 6.62. The first-order chi connectivity index (χ1) is 8.76. The minimum absolute atomic E-state index is 0.318. The Morgan fingerprint density at radius 2 is 1.78 bits per heavy atom. The van der Waals surface area contributed by atoms with Crippen LogP contribution < -0.4 is 5.73 Å². The van der Waals surface area contributed by atoms with Crippen LogP contribution in [0.1, 0.15) is 18.1 Å². The molecular formula is C12H14Cl2N4. The van der Waals surface area contributed by atoms with Gasteiger partial charge < -0.3 is 5.73 Å². The molecule has 0 spiro atoms. The molecule has 0 radical (unpaired) electrons. The molecule has 0 saturated carbocycles. The zero-order chi connectivity index (χ0) is 13.0. The fourth-order valence-electron chi connectivity index (χ4n) is 1.75. The second-order valence-electron chi connectivity index (χ2n) is 3.87. The van der Waals surface area contributed by atoms with Crippen LogP contribution in [0.5, 0.6) is 0 Å². The monoisotopic (exact) mass is 284 g/mol. The van der Waals surface area contributed by atoms with Gasteiger partial charge in [-0.15, -0.1) is 21.8 Å². The van der Waals surface area contributed by atoms with E-state index in [9.17, 15) is 0 Å². The predicted octanol–water partition coefficient (Wildman–Crippen LogP) is 2.55. The molecule has 1 heterocycles. The number of halogens is 2. The molecule has 1 aromatic heterocycles. The summed E-state index contributed by atoms with van der Waals surface area (Å²) in [6.45, 7) is 0.629. The molecule has 2 rings (SSSR count). The second-order valence-corrected chi connectivity index (χ2v) is 4.57. The highest BCUT2D eigenvalue weighted by Gasteiger charge is 2.12. The predicted molar refractivity (Wildman–Crippen MR) is 73.3 cm³/mol. The van der Waals surface area contributed by atoms with Crippen molar-refractivity contribution in [3.63, 3.8) is 0 Å². The van der Waals surface area contributed by atoms with Gasteiger partial charge in [-0.3, -0.25) is 4.57 Å². The Kier molecular flexibility index (Phi) is 4.58. The Hall–Kier alpha value is -1.10. The van der Waals surface area contributed by atoms with E-state index in [1.165, 1.54) is 0 Å². The largest absolute Gasteiger partial charge is 0.330 e. The van der Waals surface area contributed by atoms with Crippen LogP contribution in [0, 0.1) is 0 Å². The lowest BCUT2D eigenvalue weighted by Crippen LogP contribution is -2.07. The maximum Gasteiger partial charge on any atom is 0.152 e. The van der Waals surface area contributed by atoms with E-state index in [2.05, 4.69) is 10.2 Å². The highest BCUT2D eigenvalue weighted by molar-refractivity contribution is 6.30. The third-order valence-corrected chi connectivity index (χ3v) is 3.10. The number of nitrogens with two attached hydrogens (primary N) is 1. The van der Waals surface area contributed by atoms with Crippen molar-refractivity contribution >= 4 is 23.2 Å². The van der Waals surface area contributed by atoms with E-state index in [1.807, 2.05) is 28.8 Å². The van der Waals surface area contributed by atoms with Crippen molar-refractivity contribution in [3.8, 4) is 5.69 Å². The summed E-state index contributed by atoms with van der Waals surface area (Å²) in [7, 11) is 0. The highest BCUT2D eigenvalue weighted by atomic mass is 35.5. The van der Waals surface area contributed by atoms with Crippen LogP contribution >= 0.6 is 23.2 Å². The topological polar surface area (TPSA) is 56.7 Å². The van der Waals surface area contributed by atoms with Gasteiger partial charge >= 0.3 is 0 Å². The van der Waals surface area contributed by atoms with Crippen molar-refractivity contribution in [2.45, 2.75) is 18.7 Å². The van der Waals surface area contributed by atoms with Gasteiger partial charge in [-0.05, 0) is 37.2 Å². The van der Waals surface area contributed by atoms with Crippen molar-refractivity contribution in [1.29, 1.82) is 0 Å². The minimum Gasteiger partial charge on any atom is -0.330 e. The molecule has 2 N–H and O–H groups in total. The van der Waals surface area contributed by atoms with Gasteiger partial charge in [0.25, 0.3) is 0 Å². The van der Waals surface area contributed by atoms with Crippen LogP contribution in [0.2, 0.25) is 5.02 Å². The van der Waals surface area contributed by atoms with Gasteiger partial charge in [0.2, 0.25) is 0 Å². The number of hydrogen-bond acceptors (Lipinski definition) is 3. The van der Waals surface area contributed by atoms with E-state index in [-0.39, 0.29) is 0 Å². The van der Waals surface area contributed by atoms with Crippen molar-refractivity contribution in [2.75, 3.05) is 6.54 Å². The molecule has 18 heavy (non-hydrogen) atoms. The van der Waals surface area contributed by atoms with Crippen molar-refractivity contribution in [1.82, 2.24) is 14.8 Å². The minimum atomic E-state index is 0.318. The number of aryl methyl sites for hydroxylation is 1. The molecule has 96 valence electrons. The number of alkyl halides is 1. The number of benzene rings is 1. The van der Waals surface area contributed by atoms with Gasteiger partial charge in [0.15, 0.2) is 5.82 Å². The van der Waals surface area contributed by atoms with E-state index in [1.54, 1.807) is 0 Å². The average Bonchev–Trinajstić information content (AvgIpc) is 2.80. The fourth-order valence-corrected chi connectivity index (χ4v) is 2.05. The third kappa shape index (κ3) is 2.83. The number of aromatic nitrogens is 3. The smallest absolute Gasteiger partial charge is 0.152 e. The van der Waals surface area contributed by atoms with Crippen LogP contribution in [0.25, 0.3) is 5.69 Å². The summed E-state index contributed by atoms with van der Waals surface area (Å²) in [6, 6.07) is 7.52. The molecule has 0 bridgehead atoms. The molecule has 0 saturated heterocycles. The van der Waals surface area contributed by atoms with Crippen molar-refractivity contribution in [3.05, 3.63) is 40.9 Å². The highest BCUT2D eigenvalue weighted by Crippen LogP contribution is 2.18. The Bertz CT molecular complexity index is 507. The van der Waals surface area contributed by atoms with Gasteiger partial charge in [-0.25, -0.2) is 0 Å². The van der Waals surface area contributed by atoms with E-state index < -0.39 is 0 Å². The normalized spacial score (nSPS) is 10.8. The lowest BCUT2D eigenvalue weighted by atomic mass is 10.2. The van der Waals surface area contributed by atoms with Crippen LogP contribution in [0.3, 0.4) is 0 Å². The van der Waals surface area contributed by atoms with Crippen LogP contribution in [-0.4, -0.2) is 21.3 Å². The second kappa shape index (κ2) is 6.18. The Morgan fingerprint density at radius 3 is 2.39 bits per heavy atom. The first kappa shape index (κ1) is 13.3. The van der Waals surface area contributed by atoms with Crippen molar-refractivity contribution in [2.24, 2.45) is 5.73 Å². The zero-order valence-electron chi connectivity index (χ0n) is 9.81. The van der Waals surface area contributed by atoms with Crippen LogP contribution in [0.15, 0.2) is 24.3 Å². The molecule has 2 aromatic rings. The molecule has 0 fully saturated rings. The number of nitrogens with zero attached hydrogens (tertiary/aromatic N) is 3. The Balaban J connectivity index is 2.39. The molecule has 0 aliphatic rings. The lowest BCUT2D eigenvalue weighted by molar-refractivity contribution is 0.756. The molecule has 6 heteroatoms. The van der Waals surface area contributed by atoms with Gasteiger partial charge in [0.05, 0.1) is 5.88 Å². The molecule has 0 atom stereocenters. The molecular weight excluding hydrogens is 271 g/mol. The van der Waals surface area contributed by atoms with Gasteiger partial charge in [0, 0.05) is 17.1 Å². The molecule has 0 aliphatic heterocycles. The number of rotatable bonds is 5. The van der Waals surface area contributed by atoms with Crippen molar-refractivity contribution < 1.29 is 0 Å². The molecule has 4 nitrogen and oxygen atoms in total. The SMILES string of the molecule is NCCCc1nnc(CCl)n1-c1ccc(Cl)cc1. The van der Waals surface area contributed by atoms with Crippen LogP contribution in [-0.2, 0) is 12.3 Å². The van der Waals surface area contributed by atoms with E-state index in [0.717, 1.165) is 30.2 Å². The Morgan fingerprint density at radius 1 is 1.11 bits per heavy atom. The Labute approximate surface area is 116 Å².